The predicted octanol–water partition coefficient (Wildman–Crippen LogP) is 4.22. The van der Waals surface area contributed by atoms with E-state index in [2.05, 4.69) is 22.9 Å². The third kappa shape index (κ3) is 4.36. The van der Waals surface area contributed by atoms with Crippen LogP contribution in [0.15, 0.2) is 60.9 Å². The maximum atomic E-state index is 7.26. The number of nitrogens with one attached hydrogen (secondary N) is 2. The number of nitrogens with zero attached hydrogens (tertiary/aromatic N) is 2. The van der Waals surface area contributed by atoms with E-state index in [0.717, 1.165) is 40.6 Å². The number of ether oxygens (including phenoxy) is 2. The fraction of sp³-hybridized carbons (Fsp3) is 0.143. The molecular weight excluding hydrogens is 340 g/mol. The van der Waals surface area contributed by atoms with Gasteiger partial charge in [-0.1, -0.05) is 24.3 Å². The van der Waals surface area contributed by atoms with Crippen LogP contribution in [0.5, 0.6) is 11.5 Å². The molecule has 6 nitrogen and oxygen atoms in total. The normalized spacial score (nSPS) is 10.9. The summed E-state index contributed by atoms with van der Waals surface area (Å²) in [7, 11) is 1.64. The second-order valence-electron chi connectivity index (χ2n) is 5.84. The summed E-state index contributed by atoms with van der Waals surface area (Å²) in [5.41, 5.74) is 2.14. The fourth-order valence-electron chi connectivity index (χ4n) is 2.84. The minimum absolute atomic E-state index is 0.530. The lowest BCUT2D eigenvalue weighted by molar-refractivity contribution is 0.298. The van der Waals surface area contributed by atoms with Crippen LogP contribution < -0.4 is 9.47 Å². The Labute approximate surface area is 158 Å². The summed E-state index contributed by atoms with van der Waals surface area (Å²) in [6.07, 6.45) is 7.83. The van der Waals surface area contributed by atoms with Crippen LogP contribution in [-0.2, 0) is 6.54 Å². The summed E-state index contributed by atoms with van der Waals surface area (Å²) in [5, 5.41) is 15.6. The van der Waals surface area contributed by atoms with E-state index in [4.69, 9.17) is 20.3 Å². The maximum Gasteiger partial charge on any atom is 0.123 e. The standard InChI is InChI=1S/C21H22N4O2/c1-26-18-5-4-6-19(13-18)27-12-11-25-14-17(9-10-24(15-22)16-23)20-7-2-3-8-21(20)25/h2-10,13-16,22-23H,11-12H2,1H3/b10-9+,22-15?,23-16?. The zero-order chi connectivity index (χ0) is 19.1. The summed E-state index contributed by atoms with van der Waals surface area (Å²) < 4.78 is 13.2. The largest absolute Gasteiger partial charge is 0.497 e. The molecule has 138 valence electrons. The molecule has 0 aliphatic carbocycles. The number of fused-ring (bicyclic) bond motifs is 1. The molecule has 1 heterocycles. The molecule has 0 radical (unpaired) electrons. The van der Waals surface area contributed by atoms with Gasteiger partial charge in [-0.3, -0.25) is 15.7 Å². The van der Waals surface area contributed by atoms with Gasteiger partial charge in [-0.15, -0.1) is 0 Å². The third-order valence-electron chi connectivity index (χ3n) is 4.19. The Bertz CT molecular complexity index is 954. The average Bonchev–Trinajstić information content (AvgIpc) is 3.07. The first kappa shape index (κ1) is 18.3. The second-order valence-corrected chi connectivity index (χ2v) is 5.84. The van der Waals surface area contributed by atoms with Gasteiger partial charge in [0, 0.05) is 34.9 Å². The van der Waals surface area contributed by atoms with Gasteiger partial charge < -0.3 is 14.0 Å². The average molecular weight is 362 g/mol. The summed E-state index contributed by atoms with van der Waals surface area (Å²) >= 11 is 0. The van der Waals surface area contributed by atoms with Gasteiger partial charge in [0.1, 0.15) is 18.1 Å². The number of methoxy groups -OCH3 is 1. The van der Waals surface area contributed by atoms with Crippen molar-refractivity contribution in [3.05, 3.63) is 66.5 Å². The zero-order valence-electron chi connectivity index (χ0n) is 15.1. The first-order valence-corrected chi connectivity index (χ1v) is 8.56. The first-order valence-electron chi connectivity index (χ1n) is 8.56. The van der Waals surface area contributed by atoms with Crippen molar-refractivity contribution in [2.75, 3.05) is 13.7 Å². The molecule has 0 aliphatic heterocycles. The Balaban J connectivity index is 1.76. The molecular formula is C21H22N4O2. The summed E-state index contributed by atoms with van der Waals surface area (Å²) in [6, 6.07) is 15.7. The molecule has 27 heavy (non-hydrogen) atoms. The van der Waals surface area contributed by atoms with E-state index in [1.165, 1.54) is 4.90 Å². The van der Waals surface area contributed by atoms with E-state index in [0.29, 0.717) is 13.2 Å². The molecule has 0 atom stereocenters. The van der Waals surface area contributed by atoms with Crippen molar-refractivity contribution in [1.82, 2.24) is 9.47 Å². The van der Waals surface area contributed by atoms with E-state index < -0.39 is 0 Å². The minimum atomic E-state index is 0.530. The molecule has 6 heteroatoms. The molecule has 0 aliphatic rings. The molecule has 2 N–H and O–H groups in total. The smallest absolute Gasteiger partial charge is 0.123 e. The lowest BCUT2D eigenvalue weighted by Crippen LogP contribution is -2.09. The van der Waals surface area contributed by atoms with Gasteiger partial charge in [0.2, 0.25) is 0 Å². The van der Waals surface area contributed by atoms with Crippen LogP contribution in [0.4, 0.5) is 0 Å². The molecule has 0 bridgehead atoms. The van der Waals surface area contributed by atoms with Crippen LogP contribution >= 0.6 is 0 Å². The van der Waals surface area contributed by atoms with Crippen molar-refractivity contribution in [3.8, 4) is 11.5 Å². The van der Waals surface area contributed by atoms with Crippen LogP contribution in [0.25, 0.3) is 17.0 Å². The van der Waals surface area contributed by atoms with Crippen LogP contribution in [0.3, 0.4) is 0 Å². The third-order valence-corrected chi connectivity index (χ3v) is 4.19. The maximum absolute atomic E-state index is 7.26. The van der Waals surface area contributed by atoms with Gasteiger partial charge in [-0.25, -0.2) is 0 Å². The topological polar surface area (TPSA) is 74.3 Å². The number of hydrogen-bond acceptors (Lipinski definition) is 4. The number of aromatic nitrogens is 1. The van der Waals surface area contributed by atoms with Gasteiger partial charge in [0.25, 0.3) is 0 Å². The Morgan fingerprint density at radius 3 is 2.59 bits per heavy atom. The van der Waals surface area contributed by atoms with Crippen molar-refractivity contribution >= 4 is 29.7 Å². The quantitative estimate of drug-likeness (QED) is 0.442. The van der Waals surface area contributed by atoms with Crippen molar-refractivity contribution in [1.29, 1.82) is 10.8 Å². The number of benzene rings is 2. The Hall–Kier alpha value is -3.54. The monoisotopic (exact) mass is 362 g/mol. The molecule has 0 saturated carbocycles. The van der Waals surface area contributed by atoms with E-state index >= 15 is 0 Å². The van der Waals surface area contributed by atoms with Gasteiger partial charge in [0.05, 0.1) is 26.3 Å². The highest BCUT2D eigenvalue weighted by atomic mass is 16.5. The summed E-state index contributed by atoms with van der Waals surface area (Å²) in [5.74, 6) is 1.55. The second kappa shape index (κ2) is 8.71. The predicted molar refractivity (Wildman–Crippen MR) is 109 cm³/mol. The molecule has 0 unspecified atom stereocenters. The number of para-hydroxylation sites is 1. The minimum Gasteiger partial charge on any atom is -0.497 e. The SMILES string of the molecule is COc1cccc(OCCn2cc(/C=C/N(C=N)C=N)c3ccccc32)c1. The van der Waals surface area contributed by atoms with Crippen molar-refractivity contribution in [3.63, 3.8) is 0 Å². The van der Waals surface area contributed by atoms with E-state index in [-0.39, 0.29) is 0 Å². The first-order chi connectivity index (χ1) is 13.2. The van der Waals surface area contributed by atoms with E-state index in [9.17, 15) is 0 Å². The van der Waals surface area contributed by atoms with Crippen LogP contribution in [-0.4, -0.2) is 35.9 Å². The van der Waals surface area contributed by atoms with Crippen LogP contribution in [0, 0.1) is 10.8 Å². The molecule has 0 saturated heterocycles. The molecule has 1 aromatic heterocycles. The van der Waals surface area contributed by atoms with E-state index in [1.54, 1.807) is 13.3 Å². The Kier molecular flexibility index (Phi) is 5.89. The van der Waals surface area contributed by atoms with Gasteiger partial charge >= 0.3 is 0 Å². The molecule has 3 aromatic rings. The van der Waals surface area contributed by atoms with E-state index in [1.807, 2.05) is 42.5 Å². The zero-order valence-corrected chi connectivity index (χ0v) is 15.1. The number of hydrogen-bond donors (Lipinski definition) is 2. The van der Waals surface area contributed by atoms with Gasteiger partial charge in [0.15, 0.2) is 0 Å². The fourth-order valence-corrected chi connectivity index (χ4v) is 2.84. The molecule has 0 spiro atoms. The molecule has 2 aromatic carbocycles. The Morgan fingerprint density at radius 1 is 1.04 bits per heavy atom. The van der Waals surface area contributed by atoms with Crippen molar-refractivity contribution in [2.45, 2.75) is 6.54 Å². The molecule has 3 rings (SSSR count). The molecule has 0 amide bonds. The lowest BCUT2D eigenvalue weighted by Gasteiger charge is -2.09. The lowest BCUT2D eigenvalue weighted by atomic mass is 10.2. The van der Waals surface area contributed by atoms with Crippen LogP contribution in [0.1, 0.15) is 5.56 Å². The Morgan fingerprint density at radius 2 is 1.81 bits per heavy atom. The highest BCUT2D eigenvalue weighted by Crippen LogP contribution is 2.23. The van der Waals surface area contributed by atoms with Gasteiger partial charge in [-0.05, 0) is 24.3 Å². The van der Waals surface area contributed by atoms with Gasteiger partial charge in [-0.2, -0.15) is 0 Å². The summed E-state index contributed by atoms with van der Waals surface area (Å²) in [6.45, 7) is 1.23. The summed E-state index contributed by atoms with van der Waals surface area (Å²) in [4.78, 5) is 1.37. The highest BCUT2D eigenvalue weighted by molar-refractivity contribution is 5.90. The highest BCUT2D eigenvalue weighted by Gasteiger charge is 2.06. The van der Waals surface area contributed by atoms with Crippen molar-refractivity contribution in [2.24, 2.45) is 0 Å². The van der Waals surface area contributed by atoms with Crippen LogP contribution in [0.2, 0.25) is 0 Å². The van der Waals surface area contributed by atoms with Crippen molar-refractivity contribution < 1.29 is 9.47 Å². The molecule has 0 fully saturated rings. The number of rotatable bonds is 9.